The number of carbonyl (C=O) groups is 2. The summed E-state index contributed by atoms with van der Waals surface area (Å²) >= 11 is 7.67. The fourth-order valence-electron chi connectivity index (χ4n) is 3.08. The molecule has 158 valence electrons. The molecular formula is C24H15ClN2O4S. The standard InChI is InChI=1S/C24H15ClN2O4S/c25-22-19-6-1-2-7-21(19)32-23(22)24(29)26-17-11-9-16(10-12-17)20(28)13-8-15-4-3-5-18(14-15)27(30)31/h1-14H,(H,26,29)/b13-8+. The summed E-state index contributed by atoms with van der Waals surface area (Å²) in [6, 6.07) is 20.0. The molecule has 0 atom stereocenters. The molecule has 0 aliphatic rings. The van der Waals surface area contributed by atoms with Gasteiger partial charge in [-0.1, -0.05) is 48.0 Å². The average Bonchev–Trinajstić information content (AvgIpc) is 3.15. The molecule has 0 saturated heterocycles. The topological polar surface area (TPSA) is 89.3 Å². The quantitative estimate of drug-likeness (QED) is 0.151. The molecule has 1 heterocycles. The van der Waals surface area contributed by atoms with Crippen LogP contribution < -0.4 is 5.32 Å². The number of allylic oxidation sites excluding steroid dienone is 1. The molecule has 4 aromatic rings. The van der Waals surface area contributed by atoms with Gasteiger partial charge in [-0.15, -0.1) is 11.3 Å². The van der Waals surface area contributed by atoms with Gasteiger partial charge in [0.2, 0.25) is 0 Å². The van der Waals surface area contributed by atoms with Crippen LogP contribution in [0.3, 0.4) is 0 Å². The third-order valence-electron chi connectivity index (χ3n) is 4.68. The van der Waals surface area contributed by atoms with E-state index in [1.54, 1.807) is 36.4 Å². The van der Waals surface area contributed by atoms with Crippen molar-refractivity contribution in [2.24, 2.45) is 0 Å². The molecule has 8 heteroatoms. The van der Waals surface area contributed by atoms with Gasteiger partial charge in [-0.3, -0.25) is 19.7 Å². The zero-order valence-electron chi connectivity index (χ0n) is 16.4. The van der Waals surface area contributed by atoms with Crippen LogP contribution in [0.25, 0.3) is 16.2 Å². The van der Waals surface area contributed by atoms with Gasteiger partial charge >= 0.3 is 0 Å². The molecule has 0 saturated carbocycles. The Morgan fingerprint density at radius 3 is 2.47 bits per heavy atom. The number of fused-ring (bicyclic) bond motifs is 1. The molecule has 4 rings (SSSR count). The van der Waals surface area contributed by atoms with Crippen LogP contribution in [-0.4, -0.2) is 16.6 Å². The lowest BCUT2D eigenvalue weighted by molar-refractivity contribution is -0.384. The highest BCUT2D eigenvalue weighted by molar-refractivity contribution is 7.21. The zero-order valence-corrected chi connectivity index (χ0v) is 18.0. The van der Waals surface area contributed by atoms with E-state index in [2.05, 4.69) is 5.32 Å². The van der Waals surface area contributed by atoms with Crippen molar-refractivity contribution in [2.75, 3.05) is 5.32 Å². The maximum Gasteiger partial charge on any atom is 0.270 e. The van der Waals surface area contributed by atoms with Crippen molar-refractivity contribution in [1.29, 1.82) is 0 Å². The number of nitro groups is 1. The Morgan fingerprint density at radius 2 is 1.75 bits per heavy atom. The van der Waals surface area contributed by atoms with Crippen LogP contribution in [0.2, 0.25) is 5.02 Å². The molecule has 0 bridgehead atoms. The molecule has 0 radical (unpaired) electrons. The Morgan fingerprint density at radius 1 is 1.00 bits per heavy atom. The molecule has 1 N–H and O–H groups in total. The van der Waals surface area contributed by atoms with Gasteiger partial charge in [0.15, 0.2) is 5.78 Å². The van der Waals surface area contributed by atoms with Crippen molar-refractivity contribution >= 4 is 62.2 Å². The lowest BCUT2D eigenvalue weighted by Gasteiger charge is -2.05. The second-order valence-electron chi connectivity index (χ2n) is 6.82. The van der Waals surface area contributed by atoms with Crippen molar-refractivity contribution in [3.63, 3.8) is 0 Å². The Bertz CT molecular complexity index is 1380. The van der Waals surface area contributed by atoms with Crippen molar-refractivity contribution in [3.8, 4) is 0 Å². The molecule has 3 aromatic carbocycles. The maximum atomic E-state index is 12.6. The van der Waals surface area contributed by atoms with E-state index in [1.807, 2.05) is 24.3 Å². The summed E-state index contributed by atoms with van der Waals surface area (Å²) in [5.74, 6) is -0.581. The smallest absolute Gasteiger partial charge is 0.270 e. The number of rotatable bonds is 6. The number of carbonyl (C=O) groups excluding carboxylic acids is 2. The number of anilines is 1. The summed E-state index contributed by atoms with van der Waals surface area (Å²) < 4.78 is 0.930. The van der Waals surface area contributed by atoms with Crippen LogP contribution in [0.1, 0.15) is 25.6 Å². The van der Waals surface area contributed by atoms with Gasteiger partial charge in [0.1, 0.15) is 4.88 Å². The summed E-state index contributed by atoms with van der Waals surface area (Å²) in [4.78, 5) is 35.8. The van der Waals surface area contributed by atoms with Gasteiger partial charge in [-0.25, -0.2) is 0 Å². The third kappa shape index (κ3) is 4.59. The molecule has 1 aromatic heterocycles. The van der Waals surface area contributed by atoms with Gasteiger partial charge in [0, 0.05) is 33.5 Å². The minimum atomic E-state index is -0.488. The van der Waals surface area contributed by atoms with Crippen LogP contribution in [0.15, 0.2) is 78.9 Å². The van der Waals surface area contributed by atoms with Gasteiger partial charge < -0.3 is 5.32 Å². The summed E-state index contributed by atoms with van der Waals surface area (Å²) in [6.45, 7) is 0. The molecular weight excluding hydrogens is 448 g/mol. The molecule has 0 unspecified atom stereocenters. The van der Waals surface area contributed by atoms with Crippen molar-refractivity contribution in [2.45, 2.75) is 0 Å². The van der Waals surface area contributed by atoms with Crippen molar-refractivity contribution in [1.82, 2.24) is 0 Å². The molecule has 1 amide bonds. The van der Waals surface area contributed by atoms with E-state index in [-0.39, 0.29) is 17.4 Å². The normalized spacial score (nSPS) is 11.0. The van der Waals surface area contributed by atoms with E-state index < -0.39 is 4.92 Å². The number of nitro benzene ring substituents is 1. The third-order valence-corrected chi connectivity index (χ3v) is 6.35. The fraction of sp³-hybridized carbons (Fsp3) is 0. The molecule has 6 nitrogen and oxygen atoms in total. The van der Waals surface area contributed by atoms with Crippen LogP contribution in [0.5, 0.6) is 0 Å². The summed E-state index contributed by atoms with van der Waals surface area (Å²) in [6.07, 6.45) is 2.87. The first kappa shape index (κ1) is 21.4. The first-order chi connectivity index (χ1) is 15.4. The number of nitrogens with one attached hydrogen (secondary N) is 1. The predicted molar refractivity (Wildman–Crippen MR) is 128 cm³/mol. The second kappa shape index (κ2) is 9.13. The average molecular weight is 463 g/mol. The van der Waals surface area contributed by atoms with E-state index in [0.717, 1.165) is 10.1 Å². The number of benzene rings is 3. The highest BCUT2D eigenvalue weighted by atomic mass is 35.5. The van der Waals surface area contributed by atoms with Crippen LogP contribution >= 0.6 is 22.9 Å². The Balaban J connectivity index is 1.45. The molecule has 0 spiro atoms. The zero-order chi connectivity index (χ0) is 22.7. The van der Waals surface area contributed by atoms with Crippen LogP contribution in [0.4, 0.5) is 11.4 Å². The minimum Gasteiger partial charge on any atom is -0.321 e. The van der Waals surface area contributed by atoms with Gasteiger partial charge in [0.25, 0.3) is 11.6 Å². The molecule has 0 aliphatic heterocycles. The highest BCUT2D eigenvalue weighted by Crippen LogP contribution is 2.35. The van der Waals surface area contributed by atoms with E-state index in [9.17, 15) is 19.7 Å². The minimum absolute atomic E-state index is 0.0431. The molecule has 32 heavy (non-hydrogen) atoms. The largest absolute Gasteiger partial charge is 0.321 e. The second-order valence-corrected chi connectivity index (χ2v) is 8.25. The van der Waals surface area contributed by atoms with Crippen molar-refractivity contribution in [3.05, 3.63) is 110 Å². The van der Waals surface area contributed by atoms with Gasteiger partial charge in [0.05, 0.1) is 9.95 Å². The lowest BCUT2D eigenvalue weighted by atomic mass is 10.1. The number of non-ortho nitro benzene ring substituents is 1. The van der Waals surface area contributed by atoms with Gasteiger partial charge in [-0.05, 0) is 42.0 Å². The number of amides is 1. The fourth-order valence-corrected chi connectivity index (χ4v) is 4.49. The number of ketones is 1. The van der Waals surface area contributed by atoms with Crippen LogP contribution in [0, 0.1) is 10.1 Å². The van der Waals surface area contributed by atoms with Crippen molar-refractivity contribution < 1.29 is 14.5 Å². The monoisotopic (exact) mass is 462 g/mol. The highest BCUT2D eigenvalue weighted by Gasteiger charge is 2.17. The SMILES string of the molecule is O=C(/C=C/c1cccc([N+](=O)[O-])c1)c1ccc(NC(=O)c2sc3ccccc3c2Cl)cc1. The Labute approximate surface area is 191 Å². The molecule has 0 aliphatic carbocycles. The van der Waals surface area contributed by atoms with Crippen LogP contribution in [-0.2, 0) is 0 Å². The van der Waals surface area contributed by atoms with E-state index in [1.165, 1.54) is 35.6 Å². The predicted octanol–water partition coefficient (Wildman–Crippen LogP) is 6.61. The number of hydrogen-bond acceptors (Lipinski definition) is 5. The summed E-state index contributed by atoms with van der Waals surface area (Å²) in [5.41, 5.74) is 1.46. The maximum absolute atomic E-state index is 12.6. The lowest BCUT2D eigenvalue weighted by Crippen LogP contribution is -2.10. The number of thiophene rings is 1. The summed E-state index contributed by atoms with van der Waals surface area (Å²) in [5, 5.41) is 14.9. The number of hydrogen-bond donors (Lipinski definition) is 1. The van der Waals surface area contributed by atoms with E-state index in [0.29, 0.717) is 26.7 Å². The Kier molecular flexibility index (Phi) is 6.11. The number of nitrogens with zero attached hydrogens (tertiary/aromatic N) is 1. The number of halogens is 1. The van der Waals surface area contributed by atoms with Gasteiger partial charge in [-0.2, -0.15) is 0 Å². The first-order valence-corrected chi connectivity index (χ1v) is 10.7. The molecule has 0 fully saturated rings. The Hall–Kier alpha value is -3.81. The van der Waals surface area contributed by atoms with E-state index in [4.69, 9.17) is 11.6 Å². The van der Waals surface area contributed by atoms with E-state index >= 15 is 0 Å². The summed E-state index contributed by atoms with van der Waals surface area (Å²) in [7, 11) is 0. The first-order valence-electron chi connectivity index (χ1n) is 9.48.